The van der Waals surface area contributed by atoms with Crippen molar-refractivity contribution in [1.82, 2.24) is 4.57 Å². The Bertz CT molecular complexity index is 3130. The molecule has 4 aliphatic rings. The molecule has 3 aliphatic heterocycles. The molecule has 0 unspecified atom stereocenters. The van der Waals surface area contributed by atoms with Gasteiger partial charge in [-0.3, -0.25) is 0 Å². The molecule has 0 bridgehead atoms. The zero-order chi connectivity index (χ0) is 36.9. The smallest absolute Gasteiger partial charge is 0.333 e. The van der Waals surface area contributed by atoms with Gasteiger partial charge in [0.15, 0.2) is 11.5 Å². The molecule has 1 aliphatic carbocycles. The molecule has 0 radical (unpaired) electrons. The third-order valence-corrected chi connectivity index (χ3v) is 12.9. The average Bonchev–Trinajstić information content (AvgIpc) is 3.71. The van der Waals surface area contributed by atoms with Gasteiger partial charge in [-0.2, -0.15) is 0 Å². The molecule has 13 rings (SSSR count). The topological polar surface area (TPSA) is 20.6 Å². The molecule has 4 heterocycles. The fourth-order valence-electron chi connectivity index (χ4n) is 10.6. The summed E-state index contributed by atoms with van der Waals surface area (Å²) in [4.78, 5) is 5.05. The van der Waals surface area contributed by atoms with Crippen molar-refractivity contribution in [3.8, 4) is 39.4 Å². The minimum absolute atomic E-state index is 0.0697. The molecule has 8 aromatic carbocycles. The number of hydrogen-bond donors (Lipinski definition) is 0. The third kappa shape index (κ3) is 3.70. The molecule has 0 spiro atoms. The summed E-state index contributed by atoms with van der Waals surface area (Å²) in [5, 5.41) is 2.48. The maximum Gasteiger partial charge on any atom is 0.333 e. The lowest BCUT2D eigenvalue weighted by Gasteiger charge is -2.43. The molecule has 0 atom stereocenters. The standard InChI is InChI=1S/C51H34BN3O/c1-51(2)37-21-9-6-18-32(37)35-28-44-39(30-38(35)51)52-49-36(33-19-7-11-23-41(33)55(52)31-16-4-3-5-17-31)29-45(48-34-20-8-10-22-40(34)54(44)50(48)49)53-42-24-12-14-26-46(42)56-47-27-15-13-25-43(47)53/h3-30H,1-2H3. The predicted molar refractivity (Wildman–Crippen MR) is 232 cm³/mol. The first-order chi connectivity index (χ1) is 27.6. The van der Waals surface area contributed by atoms with E-state index in [1.54, 1.807) is 0 Å². The highest BCUT2D eigenvalue weighted by Crippen LogP contribution is 2.56. The minimum Gasteiger partial charge on any atom is -0.453 e. The second-order valence-corrected chi connectivity index (χ2v) is 16.1. The molecular formula is C51H34BN3O. The summed E-state index contributed by atoms with van der Waals surface area (Å²) in [5.74, 6) is 1.70. The van der Waals surface area contributed by atoms with Gasteiger partial charge in [0.2, 0.25) is 0 Å². The highest BCUT2D eigenvalue weighted by molar-refractivity contribution is 6.93. The van der Waals surface area contributed by atoms with Crippen molar-refractivity contribution < 1.29 is 4.74 Å². The van der Waals surface area contributed by atoms with E-state index < -0.39 is 0 Å². The van der Waals surface area contributed by atoms with Gasteiger partial charge in [-0.25, -0.2) is 0 Å². The van der Waals surface area contributed by atoms with Gasteiger partial charge >= 0.3 is 6.85 Å². The van der Waals surface area contributed by atoms with Crippen LogP contribution < -0.4 is 25.4 Å². The number of para-hydroxylation sites is 7. The fraction of sp³-hybridized carbons (Fsp3) is 0.0588. The van der Waals surface area contributed by atoms with E-state index in [0.29, 0.717) is 0 Å². The first-order valence-electron chi connectivity index (χ1n) is 19.6. The number of fused-ring (bicyclic) bond motifs is 13. The zero-order valence-electron chi connectivity index (χ0n) is 31.0. The van der Waals surface area contributed by atoms with Crippen LogP contribution in [0.2, 0.25) is 0 Å². The number of anilines is 5. The van der Waals surface area contributed by atoms with Gasteiger partial charge in [-0.15, -0.1) is 0 Å². The van der Waals surface area contributed by atoms with Gasteiger partial charge in [-0.05, 0) is 99.4 Å². The van der Waals surface area contributed by atoms with Gasteiger partial charge in [0, 0.05) is 38.8 Å². The summed E-state index contributed by atoms with van der Waals surface area (Å²) in [6.45, 7) is 4.72. The van der Waals surface area contributed by atoms with E-state index in [2.05, 4.69) is 198 Å². The van der Waals surface area contributed by atoms with Crippen molar-refractivity contribution in [1.29, 1.82) is 0 Å². The lowest BCUT2D eigenvalue weighted by Crippen LogP contribution is -2.60. The summed E-state index contributed by atoms with van der Waals surface area (Å²) in [6.07, 6.45) is 0. The Morgan fingerprint density at radius 3 is 1.91 bits per heavy atom. The lowest BCUT2D eigenvalue weighted by molar-refractivity contribution is 0.477. The summed E-state index contributed by atoms with van der Waals surface area (Å²) in [6, 6.07) is 62.5. The van der Waals surface area contributed by atoms with E-state index in [4.69, 9.17) is 4.74 Å². The van der Waals surface area contributed by atoms with Crippen LogP contribution in [0.25, 0.3) is 49.7 Å². The highest BCUT2D eigenvalue weighted by Gasteiger charge is 2.47. The second-order valence-electron chi connectivity index (χ2n) is 16.1. The largest absolute Gasteiger partial charge is 0.453 e. The molecule has 0 saturated carbocycles. The molecular weight excluding hydrogens is 681 g/mol. The van der Waals surface area contributed by atoms with Gasteiger partial charge in [-0.1, -0.05) is 123 Å². The molecule has 262 valence electrons. The summed E-state index contributed by atoms with van der Waals surface area (Å²) >= 11 is 0. The van der Waals surface area contributed by atoms with Crippen LogP contribution >= 0.6 is 0 Å². The van der Waals surface area contributed by atoms with Crippen molar-refractivity contribution in [2.24, 2.45) is 0 Å². The number of rotatable bonds is 2. The maximum absolute atomic E-state index is 6.58. The normalized spacial score (nSPS) is 14.8. The van der Waals surface area contributed by atoms with E-state index in [1.165, 1.54) is 83.2 Å². The van der Waals surface area contributed by atoms with Crippen LogP contribution in [0.1, 0.15) is 25.0 Å². The molecule has 9 aromatic rings. The number of ether oxygens (including phenoxy) is 1. The van der Waals surface area contributed by atoms with E-state index >= 15 is 0 Å². The van der Waals surface area contributed by atoms with Crippen LogP contribution in [0.3, 0.4) is 0 Å². The van der Waals surface area contributed by atoms with Crippen LogP contribution in [-0.2, 0) is 5.41 Å². The average molecular weight is 716 g/mol. The quantitative estimate of drug-likeness (QED) is 0.166. The highest BCUT2D eigenvalue weighted by atomic mass is 16.5. The van der Waals surface area contributed by atoms with Crippen molar-refractivity contribution in [3.63, 3.8) is 0 Å². The van der Waals surface area contributed by atoms with Crippen LogP contribution in [-0.4, -0.2) is 11.4 Å². The van der Waals surface area contributed by atoms with Crippen LogP contribution in [0.4, 0.5) is 28.4 Å². The fourth-order valence-corrected chi connectivity index (χ4v) is 10.6. The van der Waals surface area contributed by atoms with E-state index in [0.717, 1.165) is 28.6 Å². The molecule has 0 saturated heterocycles. The molecule has 0 N–H and O–H groups in total. The number of nitrogens with zero attached hydrogens (tertiary/aromatic N) is 3. The molecule has 0 fully saturated rings. The van der Waals surface area contributed by atoms with Crippen LogP contribution in [0, 0.1) is 0 Å². The Labute approximate surface area is 325 Å². The third-order valence-electron chi connectivity index (χ3n) is 12.9. The Morgan fingerprint density at radius 2 is 1.12 bits per heavy atom. The van der Waals surface area contributed by atoms with Crippen molar-refractivity contribution >= 4 is 68.0 Å². The minimum atomic E-state index is -0.136. The van der Waals surface area contributed by atoms with Gasteiger partial charge < -0.3 is 19.0 Å². The Balaban J connectivity index is 1.24. The van der Waals surface area contributed by atoms with Gasteiger partial charge in [0.25, 0.3) is 0 Å². The first-order valence-corrected chi connectivity index (χ1v) is 19.6. The Kier molecular flexibility index (Phi) is 5.76. The Morgan fingerprint density at radius 1 is 0.500 bits per heavy atom. The zero-order valence-corrected chi connectivity index (χ0v) is 31.0. The van der Waals surface area contributed by atoms with E-state index in [1.807, 2.05) is 0 Å². The molecule has 56 heavy (non-hydrogen) atoms. The summed E-state index contributed by atoms with van der Waals surface area (Å²) in [7, 11) is 0. The van der Waals surface area contributed by atoms with E-state index in [9.17, 15) is 0 Å². The van der Waals surface area contributed by atoms with Crippen molar-refractivity contribution in [2.75, 3.05) is 9.71 Å². The maximum atomic E-state index is 6.58. The SMILES string of the molecule is CC1(C)c2ccccc2-c2cc3c(cc21)B1c2c(cc(N4c5ccccc5Oc5ccccc54)c4c5ccccc5n-3c24)-c2ccccc2N1c1ccccc1. The van der Waals surface area contributed by atoms with E-state index in [-0.39, 0.29) is 12.3 Å². The second kappa shape index (κ2) is 10.6. The van der Waals surface area contributed by atoms with Gasteiger partial charge in [0.1, 0.15) is 0 Å². The molecule has 5 heteroatoms. The lowest BCUT2D eigenvalue weighted by atomic mass is 9.43. The predicted octanol–water partition coefficient (Wildman–Crippen LogP) is 11.9. The van der Waals surface area contributed by atoms with Gasteiger partial charge in [0.05, 0.1) is 28.1 Å². The number of aromatic nitrogens is 1. The first kappa shape index (κ1) is 30.4. The van der Waals surface area contributed by atoms with Crippen LogP contribution in [0.5, 0.6) is 11.5 Å². The number of benzene rings is 8. The molecule has 0 amide bonds. The molecule has 4 nitrogen and oxygen atoms in total. The monoisotopic (exact) mass is 715 g/mol. The molecule has 1 aromatic heterocycles. The van der Waals surface area contributed by atoms with Crippen LogP contribution in [0.15, 0.2) is 170 Å². The number of hydrogen-bond acceptors (Lipinski definition) is 3. The van der Waals surface area contributed by atoms with Crippen molar-refractivity contribution in [3.05, 3.63) is 181 Å². The summed E-state index contributed by atoms with van der Waals surface area (Å²) in [5.41, 5.74) is 19.8. The summed E-state index contributed by atoms with van der Waals surface area (Å²) < 4.78 is 9.17. The van der Waals surface area contributed by atoms with Crippen molar-refractivity contribution in [2.45, 2.75) is 19.3 Å². The Hall–Kier alpha value is -6.98.